The van der Waals surface area contributed by atoms with Gasteiger partial charge in [-0.1, -0.05) is 72.8 Å². The van der Waals surface area contributed by atoms with Crippen LogP contribution in [0.25, 0.3) is 0 Å². The Labute approximate surface area is 229 Å². The van der Waals surface area contributed by atoms with Crippen molar-refractivity contribution in [1.82, 2.24) is 16.0 Å². The highest BCUT2D eigenvalue weighted by Crippen LogP contribution is 2.09. The van der Waals surface area contributed by atoms with E-state index in [2.05, 4.69) is 29.1 Å². The third kappa shape index (κ3) is 10.6. The number of benzene rings is 2. The largest absolute Gasteiger partial charge is 0.464 e. The molecule has 2 aromatic carbocycles. The molecule has 0 heterocycles. The van der Waals surface area contributed by atoms with Gasteiger partial charge in [0.05, 0.1) is 12.6 Å². The number of amides is 3. The summed E-state index contributed by atoms with van der Waals surface area (Å²) in [4.78, 5) is 52.0. The summed E-state index contributed by atoms with van der Waals surface area (Å²) in [5.41, 5.74) is 7.54. The Bertz CT molecular complexity index is 1110. The molecule has 39 heavy (non-hydrogen) atoms. The number of nitrogens with two attached hydrogens (primary N) is 1. The molecule has 0 saturated heterocycles. The van der Waals surface area contributed by atoms with Gasteiger partial charge < -0.3 is 26.4 Å². The fourth-order valence-electron chi connectivity index (χ4n) is 3.85. The van der Waals surface area contributed by atoms with Gasteiger partial charge in [0, 0.05) is 12.8 Å². The maximum atomic E-state index is 13.5. The lowest BCUT2D eigenvalue weighted by atomic mass is 10.0. The van der Waals surface area contributed by atoms with Crippen LogP contribution in [0.2, 0.25) is 0 Å². The number of ether oxygens (including phenoxy) is 1. The minimum absolute atomic E-state index is 0.154. The summed E-state index contributed by atoms with van der Waals surface area (Å²) in [5, 5.41) is 8.16. The molecular weight excluding hydrogens is 496 g/mol. The summed E-state index contributed by atoms with van der Waals surface area (Å²) < 4.78 is 5.07. The normalized spacial score (nSPS) is 13.6. The maximum Gasteiger partial charge on any atom is 0.328 e. The second-order valence-electron chi connectivity index (χ2n) is 8.97. The van der Waals surface area contributed by atoms with Gasteiger partial charge in [-0.25, -0.2) is 4.79 Å². The van der Waals surface area contributed by atoms with E-state index in [0.29, 0.717) is 0 Å². The molecule has 2 rings (SSSR count). The first-order valence-electron chi connectivity index (χ1n) is 12.9. The van der Waals surface area contributed by atoms with Crippen LogP contribution in [0.15, 0.2) is 86.0 Å². The zero-order valence-corrected chi connectivity index (χ0v) is 22.3. The van der Waals surface area contributed by atoms with E-state index >= 15 is 0 Å². The predicted molar refractivity (Wildman–Crippen MR) is 150 cm³/mol. The maximum absolute atomic E-state index is 13.5. The lowest BCUT2D eigenvalue weighted by Gasteiger charge is -2.25. The smallest absolute Gasteiger partial charge is 0.328 e. The number of carbonyl (C=O) groups excluding carboxylic acids is 4. The van der Waals surface area contributed by atoms with Crippen molar-refractivity contribution < 1.29 is 23.9 Å². The number of nitrogens with one attached hydrogen (secondary N) is 3. The molecule has 4 atom stereocenters. The molecule has 0 unspecified atom stereocenters. The van der Waals surface area contributed by atoms with E-state index in [0.717, 1.165) is 11.1 Å². The molecule has 0 aliphatic carbocycles. The molecule has 0 saturated carbocycles. The highest BCUT2D eigenvalue weighted by molar-refractivity contribution is 5.94. The molecule has 5 N–H and O–H groups in total. The Morgan fingerprint density at radius 2 is 1.18 bits per heavy atom. The van der Waals surface area contributed by atoms with E-state index in [4.69, 9.17) is 10.5 Å². The Morgan fingerprint density at radius 3 is 1.62 bits per heavy atom. The molecular formula is C30H38N4O5. The fourth-order valence-corrected chi connectivity index (χ4v) is 3.85. The fraction of sp³-hybridized carbons (Fsp3) is 0.333. The topological polar surface area (TPSA) is 140 Å². The van der Waals surface area contributed by atoms with E-state index in [1.165, 1.54) is 12.2 Å². The summed E-state index contributed by atoms with van der Waals surface area (Å²) in [6.45, 7) is 9.07. The van der Waals surface area contributed by atoms with Crippen LogP contribution in [0.3, 0.4) is 0 Å². The average molecular weight is 535 g/mol. The number of rotatable bonds is 16. The van der Waals surface area contributed by atoms with Crippen molar-refractivity contribution in [2.75, 3.05) is 6.61 Å². The second-order valence-corrected chi connectivity index (χ2v) is 8.97. The van der Waals surface area contributed by atoms with E-state index in [1.54, 1.807) is 6.92 Å². The molecule has 0 aliphatic rings. The van der Waals surface area contributed by atoms with E-state index < -0.39 is 47.9 Å². The van der Waals surface area contributed by atoms with Gasteiger partial charge in [-0.15, -0.1) is 13.2 Å². The molecule has 0 aliphatic heterocycles. The van der Waals surface area contributed by atoms with Crippen molar-refractivity contribution in [2.45, 2.75) is 56.8 Å². The van der Waals surface area contributed by atoms with Crippen molar-refractivity contribution in [3.05, 3.63) is 97.1 Å². The minimum atomic E-state index is -1.04. The number of carbonyl (C=O) groups is 4. The first-order chi connectivity index (χ1) is 18.8. The molecule has 2 aromatic rings. The lowest BCUT2D eigenvalue weighted by Crippen LogP contribution is -2.58. The van der Waals surface area contributed by atoms with E-state index in [9.17, 15) is 19.2 Å². The van der Waals surface area contributed by atoms with Gasteiger partial charge >= 0.3 is 5.97 Å². The lowest BCUT2D eigenvalue weighted by molar-refractivity contribution is -0.147. The molecule has 208 valence electrons. The Kier molecular flexibility index (Phi) is 13.2. The van der Waals surface area contributed by atoms with Gasteiger partial charge in [0.2, 0.25) is 17.7 Å². The van der Waals surface area contributed by atoms with Crippen LogP contribution in [0, 0.1) is 0 Å². The van der Waals surface area contributed by atoms with Crippen LogP contribution in [0.5, 0.6) is 0 Å². The van der Waals surface area contributed by atoms with Crippen LogP contribution in [0.4, 0.5) is 0 Å². The average Bonchev–Trinajstić information content (AvgIpc) is 2.93. The molecule has 0 spiro atoms. The molecule has 0 aromatic heterocycles. The highest BCUT2D eigenvalue weighted by Gasteiger charge is 2.30. The Hall–Kier alpha value is -4.24. The van der Waals surface area contributed by atoms with Gasteiger partial charge in [0.15, 0.2) is 0 Å². The summed E-state index contributed by atoms with van der Waals surface area (Å²) in [7, 11) is 0. The quantitative estimate of drug-likeness (QED) is 0.192. The minimum Gasteiger partial charge on any atom is -0.464 e. The van der Waals surface area contributed by atoms with Crippen LogP contribution < -0.4 is 21.7 Å². The number of esters is 1. The number of hydrogen-bond donors (Lipinski definition) is 4. The summed E-state index contributed by atoms with van der Waals surface area (Å²) in [6.07, 6.45) is 3.77. The van der Waals surface area contributed by atoms with Gasteiger partial charge in [-0.2, -0.15) is 0 Å². The van der Waals surface area contributed by atoms with Crippen molar-refractivity contribution in [2.24, 2.45) is 5.73 Å². The molecule has 3 amide bonds. The molecule has 0 fully saturated rings. The SMILES string of the molecule is C=CC[C@H](NC(=O)[C@H](Cc1ccccc1)NC(=O)[C@H](Cc1ccccc1)NC(=O)[C@@H](N)CC=C)C(=O)OCC. The highest BCUT2D eigenvalue weighted by atomic mass is 16.5. The standard InChI is InChI=1S/C30H38N4O5/c1-4-13-23(31)27(35)33-25(19-21-15-9-7-10-16-21)29(37)34-26(20-22-17-11-8-12-18-22)28(36)32-24(14-5-2)30(38)39-6-3/h4-5,7-12,15-18,23-26H,1-2,6,13-14,19-20,31H2,3H3,(H,32,36)(H,33,35)(H,34,37)/t23-,24-,25-,26-/m0/s1. The van der Waals surface area contributed by atoms with Crippen LogP contribution in [-0.4, -0.2) is 54.5 Å². The molecule has 9 nitrogen and oxygen atoms in total. The zero-order valence-electron chi connectivity index (χ0n) is 22.3. The Balaban J connectivity index is 2.30. The zero-order chi connectivity index (χ0) is 28.6. The summed E-state index contributed by atoms with van der Waals surface area (Å²) in [5.74, 6) is -2.24. The Morgan fingerprint density at radius 1 is 0.744 bits per heavy atom. The van der Waals surface area contributed by atoms with Gasteiger partial charge in [-0.3, -0.25) is 14.4 Å². The van der Waals surface area contributed by atoms with E-state index in [1.807, 2.05) is 60.7 Å². The number of hydrogen-bond acceptors (Lipinski definition) is 6. The first-order valence-corrected chi connectivity index (χ1v) is 12.9. The van der Waals surface area contributed by atoms with Gasteiger partial charge in [0.25, 0.3) is 0 Å². The molecule has 9 heteroatoms. The van der Waals surface area contributed by atoms with Crippen molar-refractivity contribution >= 4 is 23.7 Å². The third-order valence-corrected chi connectivity index (χ3v) is 5.88. The summed E-state index contributed by atoms with van der Waals surface area (Å²) in [6, 6.07) is 14.5. The van der Waals surface area contributed by atoms with Crippen LogP contribution in [0.1, 0.15) is 30.9 Å². The van der Waals surface area contributed by atoms with Crippen LogP contribution >= 0.6 is 0 Å². The second kappa shape index (κ2) is 16.6. The monoisotopic (exact) mass is 534 g/mol. The van der Waals surface area contributed by atoms with Crippen LogP contribution in [-0.2, 0) is 36.8 Å². The first kappa shape index (κ1) is 31.0. The van der Waals surface area contributed by atoms with Crippen molar-refractivity contribution in [3.8, 4) is 0 Å². The third-order valence-electron chi connectivity index (χ3n) is 5.88. The summed E-state index contributed by atoms with van der Waals surface area (Å²) >= 11 is 0. The predicted octanol–water partition coefficient (Wildman–Crippen LogP) is 1.97. The van der Waals surface area contributed by atoms with Gasteiger partial charge in [0.1, 0.15) is 18.1 Å². The van der Waals surface area contributed by atoms with Crippen molar-refractivity contribution in [1.29, 1.82) is 0 Å². The molecule has 0 radical (unpaired) electrons. The van der Waals surface area contributed by atoms with E-state index in [-0.39, 0.29) is 32.3 Å². The van der Waals surface area contributed by atoms with Crippen molar-refractivity contribution in [3.63, 3.8) is 0 Å². The van der Waals surface area contributed by atoms with Gasteiger partial charge in [-0.05, 0) is 30.9 Å². The molecule has 0 bridgehead atoms.